The zero-order valence-electron chi connectivity index (χ0n) is 5.51. The second-order valence-electron chi connectivity index (χ2n) is 2.10. The average molecular weight is 127 g/mol. The fraction of sp³-hybridized carbons (Fsp3) is 0.667. The van der Waals surface area contributed by atoms with Gasteiger partial charge in [-0.1, -0.05) is 6.92 Å². The van der Waals surface area contributed by atoms with E-state index in [1.165, 1.54) is 6.92 Å². The Morgan fingerprint density at radius 3 is 2.33 bits per heavy atom. The first-order chi connectivity index (χ1) is 4.06. The Balaban J connectivity index is 4.33. The second kappa shape index (κ2) is 2.49. The van der Waals surface area contributed by atoms with Gasteiger partial charge in [-0.3, -0.25) is 4.79 Å². The minimum absolute atomic E-state index is 0.346. The van der Waals surface area contributed by atoms with E-state index in [2.05, 4.69) is 0 Å². The van der Waals surface area contributed by atoms with E-state index in [-0.39, 0.29) is 0 Å². The van der Waals surface area contributed by atoms with Crippen LogP contribution >= 0.6 is 0 Å². The average Bonchev–Trinajstić information content (AvgIpc) is 1.86. The number of carbonyl (C=O) groups is 1. The van der Waals surface area contributed by atoms with E-state index in [1.54, 1.807) is 13.0 Å². The largest absolute Gasteiger partial charge is 0.480 e. The summed E-state index contributed by atoms with van der Waals surface area (Å²) >= 11 is 0. The van der Waals surface area contributed by atoms with E-state index in [1.807, 2.05) is 0 Å². The van der Waals surface area contributed by atoms with Crippen LogP contribution in [-0.4, -0.2) is 11.1 Å². The van der Waals surface area contributed by atoms with Crippen molar-refractivity contribution in [3.8, 4) is 6.07 Å². The lowest BCUT2D eigenvalue weighted by atomic mass is 9.90. The van der Waals surface area contributed by atoms with Crippen molar-refractivity contribution < 1.29 is 9.90 Å². The molecule has 0 aromatic heterocycles. The highest BCUT2D eigenvalue weighted by molar-refractivity contribution is 5.77. The Hall–Kier alpha value is -1.04. The highest BCUT2D eigenvalue weighted by atomic mass is 16.4. The minimum Gasteiger partial charge on any atom is -0.480 e. The summed E-state index contributed by atoms with van der Waals surface area (Å²) in [7, 11) is 0. The molecule has 0 aliphatic rings. The first-order valence-electron chi connectivity index (χ1n) is 2.71. The van der Waals surface area contributed by atoms with E-state index < -0.39 is 11.4 Å². The van der Waals surface area contributed by atoms with Crippen LogP contribution in [0.5, 0.6) is 0 Å². The molecular weight excluding hydrogens is 118 g/mol. The number of carboxylic acids is 1. The SMILES string of the molecule is CCC(C)(C#N)C(=O)O. The summed E-state index contributed by atoms with van der Waals surface area (Å²) in [5.41, 5.74) is -1.19. The molecule has 0 aromatic carbocycles. The Bertz CT molecular complexity index is 159. The van der Waals surface area contributed by atoms with E-state index >= 15 is 0 Å². The molecule has 0 heterocycles. The summed E-state index contributed by atoms with van der Waals surface area (Å²) in [6.07, 6.45) is 0.346. The van der Waals surface area contributed by atoms with Crippen LogP contribution in [0.4, 0.5) is 0 Å². The fourth-order valence-electron chi connectivity index (χ4n) is 0.278. The maximum Gasteiger partial charge on any atom is 0.323 e. The van der Waals surface area contributed by atoms with Crippen molar-refractivity contribution >= 4 is 5.97 Å². The first kappa shape index (κ1) is 7.96. The summed E-state index contributed by atoms with van der Waals surface area (Å²) in [6.45, 7) is 3.09. The van der Waals surface area contributed by atoms with Crippen LogP contribution in [0.3, 0.4) is 0 Å². The van der Waals surface area contributed by atoms with Gasteiger partial charge in [0.15, 0.2) is 5.41 Å². The van der Waals surface area contributed by atoms with Crippen LogP contribution in [0, 0.1) is 16.7 Å². The van der Waals surface area contributed by atoms with Gasteiger partial charge in [0.2, 0.25) is 0 Å². The predicted molar refractivity (Wildman–Crippen MR) is 31.6 cm³/mol. The molecule has 0 aliphatic carbocycles. The normalized spacial score (nSPS) is 15.7. The summed E-state index contributed by atoms with van der Waals surface area (Å²) in [5.74, 6) is -1.05. The Labute approximate surface area is 53.9 Å². The zero-order valence-corrected chi connectivity index (χ0v) is 5.51. The summed E-state index contributed by atoms with van der Waals surface area (Å²) < 4.78 is 0. The smallest absolute Gasteiger partial charge is 0.323 e. The van der Waals surface area contributed by atoms with Crippen LogP contribution in [-0.2, 0) is 4.79 Å². The molecule has 1 unspecified atom stereocenters. The third kappa shape index (κ3) is 1.43. The van der Waals surface area contributed by atoms with Crippen LogP contribution in [0.15, 0.2) is 0 Å². The number of nitrogens with zero attached hydrogens (tertiary/aromatic N) is 1. The Kier molecular flexibility index (Phi) is 2.20. The fourth-order valence-corrected chi connectivity index (χ4v) is 0.278. The van der Waals surface area contributed by atoms with Crippen molar-refractivity contribution in [1.82, 2.24) is 0 Å². The van der Waals surface area contributed by atoms with Crippen molar-refractivity contribution in [3.05, 3.63) is 0 Å². The van der Waals surface area contributed by atoms with Gasteiger partial charge in [0, 0.05) is 0 Å². The highest BCUT2D eigenvalue weighted by Gasteiger charge is 2.30. The van der Waals surface area contributed by atoms with Crippen molar-refractivity contribution in [2.45, 2.75) is 20.3 Å². The van der Waals surface area contributed by atoms with Crippen molar-refractivity contribution in [3.63, 3.8) is 0 Å². The number of nitriles is 1. The van der Waals surface area contributed by atoms with E-state index in [0.29, 0.717) is 6.42 Å². The van der Waals surface area contributed by atoms with Crippen molar-refractivity contribution in [2.24, 2.45) is 5.41 Å². The van der Waals surface area contributed by atoms with Gasteiger partial charge in [-0.2, -0.15) is 5.26 Å². The first-order valence-corrected chi connectivity index (χ1v) is 2.71. The van der Waals surface area contributed by atoms with Crippen molar-refractivity contribution in [1.29, 1.82) is 5.26 Å². The molecule has 0 aliphatic heterocycles. The molecule has 3 nitrogen and oxygen atoms in total. The Morgan fingerprint density at radius 2 is 2.33 bits per heavy atom. The number of rotatable bonds is 2. The van der Waals surface area contributed by atoms with Gasteiger partial charge in [0.25, 0.3) is 0 Å². The Morgan fingerprint density at radius 1 is 1.89 bits per heavy atom. The van der Waals surface area contributed by atoms with Gasteiger partial charge in [0.1, 0.15) is 0 Å². The number of hydrogen-bond acceptors (Lipinski definition) is 2. The molecule has 50 valence electrons. The third-order valence-corrected chi connectivity index (χ3v) is 1.43. The molecule has 9 heavy (non-hydrogen) atoms. The maximum absolute atomic E-state index is 10.3. The molecule has 0 bridgehead atoms. The summed E-state index contributed by atoms with van der Waals surface area (Å²) in [6, 6.07) is 1.73. The molecule has 0 rings (SSSR count). The topological polar surface area (TPSA) is 61.1 Å². The lowest BCUT2D eigenvalue weighted by Gasteiger charge is -2.10. The van der Waals surface area contributed by atoms with Crippen LogP contribution in [0.2, 0.25) is 0 Å². The highest BCUT2D eigenvalue weighted by Crippen LogP contribution is 2.18. The standard InChI is InChI=1S/C6H9NO2/c1-3-6(2,4-7)5(8)9/h3H2,1-2H3,(H,8,9). The van der Waals surface area contributed by atoms with Crippen LogP contribution in [0.1, 0.15) is 20.3 Å². The number of carboxylic acid groups (broad SMARTS) is 1. The molecule has 0 saturated carbocycles. The number of aliphatic carboxylic acids is 1. The molecule has 0 fully saturated rings. The van der Waals surface area contributed by atoms with E-state index in [9.17, 15) is 4.79 Å². The second-order valence-corrected chi connectivity index (χ2v) is 2.10. The van der Waals surface area contributed by atoms with E-state index in [4.69, 9.17) is 10.4 Å². The molecule has 1 N–H and O–H groups in total. The minimum atomic E-state index is -1.19. The quantitative estimate of drug-likeness (QED) is 0.602. The van der Waals surface area contributed by atoms with Gasteiger partial charge in [0.05, 0.1) is 6.07 Å². The predicted octanol–water partition coefficient (Wildman–Crippen LogP) is 1.01. The zero-order chi connectivity index (χ0) is 7.49. The van der Waals surface area contributed by atoms with Gasteiger partial charge in [-0.15, -0.1) is 0 Å². The van der Waals surface area contributed by atoms with Crippen molar-refractivity contribution in [2.75, 3.05) is 0 Å². The number of hydrogen-bond donors (Lipinski definition) is 1. The molecule has 0 spiro atoms. The summed E-state index contributed by atoms with van der Waals surface area (Å²) in [4.78, 5) is 10.3. The van der Waals surface area contributed by atoms with E-state index in [0.717, 1.165) is 0 Å². The molecule has 0 aromatic rings. The molecule has 0 amide bonds. The van der Waals surface area contributed by atoms with Gasteiger partial charge >= 0.3 is 5.97 Å². The monoisotopic (exact) mass is 127 g/mol. The third-order valence-electron chi connectivity index (χ3n) is 1.43. The molecule has 1 atom stereocenters. The lowest BCUT2D eigenvalue weighted by molar-refractivity contribution is -0.144. The van der Waals surface area contributed by atoms with Crippen LogP contribution < -0.4 is 0 Å². The molecule has 3 heteroatoms. The molecular formula is C6H9NO2. The van der Waals surface area contributed by atoms with Gasteiger partial charge in [-0.25, -0.2) is 0 Å². The van der Waals surface area contributed by atoms with Gasteiger partial charge < -0.3 is 5.11 Å². The lowest BCUT2D eigenvalue weighted by Crippen LogP contribution is -2.24. The molecule has 0 saturated heterocycles. The van der Waals surface area contributed by atoms with Crippen LogP contribution in [0.25, 0.3) is 0 Å². The summed E-state index contributed by atoms with van der Waals surface area (Å²) in [5, 5.41) is 16.7. The molecule has 0 radical (unpaired) electrons. The van der Waals surface area contributed by atoms with Gasteiger partial charge in [-0.05, 0) is 13.3 Å². The maximum atomic E-state index is 10.3.